The molecular formula is C10H12O2S2. The summed E-state index contributed by atoms with van der Waals surface area (Å²) in [6, 6.07) is 5.28. The smallest absolute Gasteiger partial charge is 0.124 e. The summed E-state index contributed by atoms with van der Waals surface area (Å²) in [7, 11) is 1.67. The fourth-order valence-corrected chi connectivity index (χ4v) is 4.33. The van der Waals surface area contributed by atoms with Crippen LogP contribution in [0.25, 0.3) is 0 Å². The molecule has 4 heteroatoms. The molecule has 0 aliphatic carbocycles. The van der Waals surface area contributed by atoms with E-state index >= 15 is 0 Å². The normalized spacial score (nSPS) is 17.2. The lowest BCUT2D eigenvalue weighted by Gasteiger charge is -2.13. The van der Waals surface area contributed by atoms with Crippen molar-refractivity contribution in [1.82, 2.24) is 0 Å². The van der Waals surface area contributed by atoms with E-state index in [-0.39, 0.29) is 0 Å². The molecule has 0 saturated carbocycles. The number of ether oxygens (including phenoxy) is 1. The molecule has 1 aliphatic rings. The molecule has 2 nitrogen and oxygen atoms in total. The Bertz CT molecular complexity index is 322. The van der Waals surface area contributed by atoms with Crippen LogP contribution in [0.3, 0.4) is 0 Å². The summed E-state index contributed by atoms with van der Waals surface area (Å²) in [6.07, 6.45) is 0. The lowest BCUT2D eigenvalue weighted by atomic mass is 10.2. The molecule has 14 heavy (non-hydrogen) atoms. The van der Waals surface area contributed by atoms with Crippen molar-refractivity contribution in [2.75, 3.05) is 18.6 Å². The molecule has 1 N–H and O–H groups in total. The van der Waals surface area contributed by atoms with Crippen LogP contribution in [0.4, 0.5) is 0 Å². The summed E-state index contributed by atoms with van der Waals surface area (Å²) in [5.74, 6) is 3.53. The number of benzene rings is 1. The average molecular weight is 228 g/mol. The van der Waals surface area contributed by atoms with E-state index in [0.29, 0.717) is 10.3 Å². The van der Waals surface area contributed by atoms with Gasteiger partial charge in [-0.2, -0.15) is 0 Å². The van der Waals surface area contributed by atoms with Gasteiger partial charge in [-0.15, -0.1) is 23.5 Å². The van der Waals surface area contributed by atoms with E-state index in [1.165, 1.54) is 11.5 Å². The molecule has 1 aromatic carbocycles. The number of hydrogen-bond donors (Lipinski definition) is 1. The third-order valence-electron chi connectivity index (χ3n) is 2.09. The van der Waals surface area contributed by atoms with Gasteiger partial charge in [0.05, 0.1) is 11.7 Å². The highest BCUT2D eigenvalue weighted by atomic mass is 32.2. The minimum atomic E-state index is 0.314. The molecule has 0 bridgehead atoms. The van der Waals surface area contributed by atoms with Gasteiger partial charge in [0.2, 0.25) is 0 Å². The molecule has 1 saturated heterocycles. The Morgan fingerprint density at radius 2 is 2.07 bits per heavy atom. The second-order valence-corrected chi connectivity index (χ2v) is 5.72. The summed E-state index contributed by atoms with van der Waals surface area (Å²) in [6.45, 7) is 0. The highest BCUT2D eigenvalue weighted by Crippen LogP contribution is 2.48. The summed E-state index contributed by atoms with van der Waals surface area (Å²) in [5, 5.41) is 9.42. The van der Waals surface area contributed by atoms with Gasteiger partial charge in [0.15, 0.2) is 0 Å². The second kappa shape index (κ2) is 4.36. The van der Waals surface area contributed by atoms with Crippen molar-refractivity contribution in [3.05, 3.63) is 23.8 Å². The maximum absolute atomic E-state index is 9.42. The zero-order chi connectivity index (χ0) is 9.97. The predicted octanol–water partition coefficient (Wildman–Crippen LogP) is 2.88. The lowest BCUT2D eigenvalue weighted by Crippen LogP contribution is -1.92. The van der Waals surface area contributed by atoms with Crippen LogP contribution in [0.15, 0.2) is 18.2 Å². The van der Waals surface area contributed by atoms with Gasteiger partial charge < -0.3 is 9.84 Å². The van der Waals surface area contributed by atoms with Crippen LogP contribution in [0.2, 0.25) is 0 Å². The molecule has 0 radical (unpaired) electrons. The minimum absolute atomic E-state index is 0.314. The molecule has 0 atom stereocenters. The zero-order valence-electron chi connectivity index (χ0n) is 7.90. The van der Waals surface area contributed by atoms with Crippen LogP contribution < -0.4 is 4.74 Å². The van der Waals surface area contributed by atoms with Gasteiger partial charge in [-0.25, -0.2) is 0 Å². The molecule has 76 valence electrons. The topological polar surface area (TPSA) is 29.5 Å². The molecule has 0 spiro atoms. The first-order valence-corrected chi connectivity index (χ1v) is 6.51. The van der Waals surface area contributed by atoms with Gasteiger partial charge in [-0.1, -0.05) is 0 Å². The van der Waals surface area contributed by atoms with E-state index in [1.54, 1.807) is 19.2 Å². The van der Waals surface area contributed by atoms with Crippen molar-refractivity contribution in [3.63, 3.8) is 0 Å². The fourth-order valence-electron chi connectivity index (χ4n) is 1.44. The third kappa shape index (κ3) is 1.96. The van der Waals surface area contributed by atoms with Crippen LogP contribution in [0, 0.1) is 0 Å². The number of rotatable bonds is 2. The summed E-state index contributed by atoms with van der Waals surface area (Å²) in [4.78, 5) is 0. The Morgan fingerprint density at radius 3 is 2.71 bits per heavy atom. The molecule has 1 heterocycles. The van der Waals surface area contributed by atoms with Crippen molar-refractivity contribution < 1.29 is 9.84 Å². The first kappa shape index (κ1) is 10.1. The van der Waals surface area contributed by atoms with Crippen molar-refractivity contribution >= 4 is 23.5 Å². The number of thioether (sulfide) groups is 2. The quantitative estimate of drug-likeness (QED) is 0.843. The van der Waals surface area contributed by atoms with Crippen LogP contribution in [-0.2, 0) is 0 Å². The Morgan fingerprint density at radius 1 is 1.36 bits per heavy atom. The Balaban J connectivity index is 2.33. The van der Waals surface area contributed by atoms with E-state index in [2.05, 4.69) is 0 Å². The molecular weight excluding hydrogens is 216 g/mol. The SMILES string of the molecule is COc1ccc(O)cc1C1SCCS1. The predicted molar refractivity (Wildman–Crippen MR) is 62.3 cm³/mol. The van der Waals surface area contributed by atoms with E-state index in [9.17, 15) is 5.11 Å². The van der Waals surface area contributed by atoms with Gasteiger partial charge in [-0.3, -0.25) is 0 Å². The standard InChI is InChI=1S/C10H12O2S2/c1-12-9-3-2-7(11)6-8(9)10-13-4-5-14-10/h2-3,6,10-11H,4-5H2,1H3. The van der Waals surface area contributed by atoms with Gasteiger partial charge in [0.1, 0.15) is 11.5 Å². The molecule has 1 aromatic rings. The number of methoxy groups -OCH3 is 1. The number of hydrogen-bond acceptors (Lipinski definition) is 4. The van der Waals surface area contributed by atoms with E-state index in [0.717, 1.165) is 11.3 Å². The number of aromatic hydroxyl groups is 1. The first-order valence-electron chi connectivity index (χ1n) is 4.41. The molecule has 0 aromatic heterocycles. The monoisotopic (exact) mass is 228 g/mol. The van der Waals surface area contributed by atoms with Gasteiger partial charge in [0.25, 0.3) is 0 Å². The Labute approximate surface area is 92.0 Å². The van der Waals surface area contributed by atoms with E-state index in [4.69, 9.17) is 4.74 Å². The van der Waals surface area contributed by atoms with Crippen LogP contribution >= 0.6 is 23.5 Å². The Hall–Kier alpha value is -0.480. The van der Waals surface area contributed by atoms with Crippen LogP contribution in [-0.4, -0.2) is 23.7 Å². The maximum Gasteiger partial charge on any atom is 0.124 e. The maximum atomic E-state index is 9.42. The lowest BCUT2D eigenvalue weighted by molar-refractivity contribution is 0.408. The highest BCUT2D eigenvalue weighted by molar-refractivity contribution is 8.19. The van der Waals surface area contributed by atoms with E-state index < -0.39 is 0 Å². The van der Waals surface area contributed by atoms with Crippen LogP contribution in [0.1, 0.15) is 10.1 Å². The largest absolute Gasteiger partial charge is 0.508 e. The first-order chi connectivity index (χ1) is 6.81. The minimum Gasteiger partial charge on any atom is -0.508 e. The highest BCUT2D eigenvalue weighted by Gasteiger charge is 2.21. The molecule has 0 amide bonds. The van der Waals surface area contributed by atoms with Crippen molar-refractivity contribution in [1.29, 1.82) is 0 Å². The molecule has 1 aliphatic heterocycles. The van der Waals surface area contributed by atoms with Gasteiger partial charge in [0, 0.05) is 17.1 Å². The van der Waals surface area contributed by atoms with Crippen molar-refractivity contribution in [2.45, 2.75) is 4.58 Å². The molecule has 2 rings (SSSR count). The average Bonchev–Trinajstić information content (AvgIpc) is 2.70. The van der Waals surface area contributed by atoms with Crippen LogP contribution in [0.5, 0.6) is 11.5 Å². The third-order valence-corrected chi connectivity index (χ3v) is 5.16. The van der Waals surface area contributed by atoms with Gasteiger partial charge in [-0.05, 0) is 18.2 Å². The number of phenolic OH excluding ortho intramolecular Hbond substituents is 1. The van der Waals surface area contributed by atoms with Gasteiger partial charge >= 0.3 is 0 Å². The fraction of sp³-hybridized carbons (Fsp3) is 0.400. The molecule has 0 unspecified atom stereocenters. The molecule has 1 fully saturated rings. The second-order valence-electron chi connectivity index (χ2n) is 3.00. The summed E-state index contributed by atoms with van der Waals surface area (Å²) < 4.78 is 5.69. The van der Waals surface area contributed by atoms with E-state index in [1.807, 2.05) is 29.6 Å². The zero-order valence-corrected chi connectivity index (χ0v) is 9.53. The Kier molecular flexibility index (Phi) is 3.13. The summed E-state index contributed by atoms with van der Waals surface area (Å²) in [5.41, 5.74) is 1.10. The van der Waals surface area contributed by atoms with Crippen molar-refractivity contribution in [3.8, 4) is 11.5 Å². The summed E-state index contributed by atoms with van der Waals surface area (Å²) >= 11 is 3.81. The number of phenols is 1. The van der Waals surface area contributed by atoms with Crippen molar-refractivity contribution in [2.24, 2.45) is 0 Å².